The minimum atomic E-state index is -0.455. The molecule has 0 unspecified atom stereocenters. The van der Waals surface area contributed by atoms with Crippen LogP contribution < -0.4 is 15.0 Å². The number of aromatic nitrogens is 1. The van der Waals surface area contributed by atoms with Crippen LogP contribution in [0.25, 0.3) is 10.9 Å². The second-order valence-corrected chi connectivity index (χ2v) is 6.62. The molecule has 25 heavy (non-hydrogen) atoms. The molecule has 1 aromatic heterocycles. The number of phenolic OH excluding ortho intramolecular Hbond substituents is 1. The fourth-order valence-electron chi connectivity index (χ4n) is 2.38. The summed E-state index contributed by atoms with van der Waals surface area (Å²) in [6.07, 6.45) is 0. The molecule has 0 saturated heterocycles. The number of phenols is 1. The summed E-state index contributed by atoms with van der Waals surface area (Å²) in [5.74, 6) is 0.114. The van der Waals surface area contributed by atoms with E-state index in [1.165, 1.54) is 14.2 Å². The lowest BCUT2D eigenvalue weighted by atomic mass is 10.2. The lowest BCUT2D eigenvalue weighted by Gasteiger charge is -2.12. The maximum absolute atomic E-state index is 12.4. The van der Waals surface area contributed by atoms with E-state index in [0.717, 1.165) is 11.8 Å². The van der Waals surface area contributed by atoms with Crippen LogP contribution in [0.3, 0.4) is 0 Å². The highest BCUT2D eigenvalue weighted by molar-refractivity contribution is 7.99. The van der Waals surface area contributed by atoms with Gasteiger partial charge < -0.3 is 24.7 Å². The monoisotopic (exact) mass is 379 g/mol. The zero-order valence-corrected chi connectivity index (χ0v) is 14.9. The lowest BCUT2D eigenvalue weighted by Crippen LogP contribution is -2.08. The summed E-state index contributed by atoms with van der Waals surface area (Å²) < 4.78 is 10.2. The Morgan fingerprint density at radius 3 is 2.28 bits per heavy atom. The molecule has 0 aliphatic heterocycles. The van der Waals surface area contributed by atoms with Crippen LogP contribution >= 0.6 is 23.4 Å². The molecule has 0 amide bonds. The van der Waals surface area contributed by atoms with E-state index in [-0.39, 0.29) is 27.9 Å². The van der Waals surface area contributed by atoms with Crippen molar-refractivity contribution in [3.63, 3.8) is 0 Å². The van der Waals surface area contributed by atoms with Gasteiger partial charge >= 0.3 is 0 Å². The van der Waals surface area contributed by atoms with Crippen LogP contribution in [0.1, 0.15) is 0 Å². The molecule has 130 valence electrons. The van der Waals surface area contributed by atoms with Gasteiger partial charge in [0.15, 0.2) is 11.5 Å². The number of hydrogen-bond acceptors (Lipinski definition) is 6. The number of ether oxygens (including phenoxy) is 2. The summed E-state index contributed by atoms with van der Waals surface area (Å²) in [5, 5.41) is 21.4. The van der Waals surface area contributed by atoms with E-state index < -0.39 is 5.56 Å². The van der Waals surface area contributed by atoms with E-state index in [2.05, 4.69) is 4.98 Å². The molecule has 0 saturated carbocycles. The number of aromatic hydroxyl groups is 2. The molecule has 8 heteroatoms. The number of benzene rings is 2. The van der Waals surface area contributed by atoms with Gasteiger partial charge in [-0.15, -0.1) is 0 Å². The van der Waals surface area contributed by atoms with E-state index in [9.17, 15) is 15.0 Å². The van der Waals surface area contributed by atoms with Crippen molar-refractivity contribution in [2.75, 3.05) is 14.2 Å². The van der Waals surface area contributed by atoms with Gasteiger partial charge in [0, 0.05) is 15.3 Å². The molecular formula is C17H14ClNO5S. The molecule has 1 heterocycles. The first-order valence-electron chi connectivity index (χ1n) is 7.12. The van der Waals surface area contributed by atoms with Gasteiger partial charge in [-0.05, 0) is 30.3 Å². The van der Waals surface area contributed by atoms with Crippen molar-refractivity contribution < 1.29 is 19.7 Å². The predicted molar refractivity (Wildman–Crippen MR) is 96.6 cm³/mol. The van der Waals surface area contributed by atoms with Gasteiger partial charge in [0.2, 0.25) is 5.75 Å². The van der Waals surface area contributed by atoms with Gasteiger partial charge in [-0.1, -0.05) is 23.4 Å². The van der Waals surface area contributed by atoms with Crippen molar-refractivity contribution in [1.82, 2.24) is 4.98 Å². The topological polar surface area (TPSA) is 91.8 Å². The first kappa shape index (κ1) is 17.3. The van der Waals surface area contributed by atoms with Crippen molar-refractivity contribution >= 4 is 34.3 Å². The molecule has 0 fully saturated rings. The summed E-state index contributed by atoms with van der Waals surface area (Å²) >= 11 is 6.94. The van der Waals surface area contributed by atoms with Crippen LogP contribution in [-0.2, 0) is 0 Å². The maximum atomic E-state index is 12.4. The number of aromatic amines is 1. The van der Waals surface area contributed by atoms with Crippen LogP contribution in [0.5, 0.6) is 23.0 Å². The summed E-state index contributed by atoms with van der Waals surface area (Å²) in [6.45, 7) is 0. The Morgan fingerprint density at radius 2 is 1.68 bits per heavy atom. The molecule has 0 aliphatic carbocycles. The van der Waals surface area contributed by atoms with Crippen molar-refractivity contribution in [2.24, 2.45) is 0 Å². The van der Waals surface area contributed by atoms with Crippen molar-refractivity contribution in [3.8, 4) is 23.0 Å². The smallest absolute Gasteiger partial charge is 0.266 e. The lowest BCUT2D eigenvalue weighted by molar-refractivity contribution is 0.338. The molecule has 6 nitrogen and oxygen atoms in total. The van der Waals surface area contributed by atoms with Gasteiger partial charge in [-0.3, -0.25) is 4.79 Å². The van der Waals surface area contributed by atoms with Crippen LogP contribution in [0.4, 0.5) is 0 Å². The molecule has 0 bridgehead atoms. The summed E-state index contributed by atoms with van der Waals surface area (Å²) in [7, 11) is 2.82. The molecule has 2 aromatic carbocycles. The average molecular weight is 380 g/mol. The normalized spacial score (nSPS) is 10.8. The third kappa shape index (κ3) is 3.20. The van der Waals surface area contributed by atoms with E-state index >= 15 is 0 Å². The van der Waals surface area contributed by atoms with E-state index in [1.807, 2.05) is 0 Å². The number of rotatable bonds is 4. The molecular weight excluding hydrogens is 366 g/mol. The minimum Gasteiger partial charge on any atom is -0.506 e. The third-order valence-electron chi connectivity index (χ3n) is 3.58. The molecule has 3 N–H and O–H groups in total. The fraction of sp³-hybridized carbons (Fsp3) is 0.118. The highest BCUT2D eigenvalue weighted by atomic mass is 35.5. The SMILES string of the molecule is COc1cc(Sc2c(O)c3ccc(Cl)cc3[nH]c2=O)cc(OC)c1O. The van der Waals surface area contributed by atoms with E-state index in [1.54, 1.807) is 30.3 Å². The van der Waals surface area contributed by atoms with Gasteiger partial charge in [0.05, 0.1) is 19.7 Å². The van der Waals surface area contributed by atoms with Crippen molar-refractivity contribution in [3.05, 3.63) is 45.7 Å². The second kappa shape index (κ2) is 6.78. The number of halogens is 1. The predicted octanol–water partition coefficient (Wildman–Crippen LogP) is 3.76. The molecule has 3 aromatic rings. The summed E-state index contributed by atoms with van der Waals surface area (Å²) in [6, 6.07) is 7.92. The van der Waals surface area contributed by atoms with Crippen LogP contribution in [-0.4, -0.2) is 29.4 Å². The molecule has 0 atom stereocenters. The molecule has 3 rings (SSSR count). The Balaban J connectivity index is 2.12. The van der Waals surface area contributed by atoms with Gasteiger partial charge in [-0.25, -0.2) is 0 Å². The van der Waals surface area contributed by atoms with Crippen molar-refractivity contribution in [1.29, 1.82) is 0 Å². The second-order valence-electron chi connectivity index (χ2n) is 5.10. The standard InChI is InChI=1S/C17H14ClNO5S/c1-23-12-6-9(7-13(24-2)15(12)21)25-16-14(20)10-4-3-8(18)5-11(10)19-17(16)22/h3-7,21H,1-2H3,(H2,19,20,22). The average Bonchev–Trinajstić information content (AvgIpc) is 2.59. The van der Waals surface area contributed by atoms with Crippen molar-refractivity contribution in [2.45, 2.75) is 9.79 Å². The van der Waals surface area contributed by atoms with Crippen LogP contribution in [0.15, 0.2) is 44.9 Å². The highest BCUT2D eigenvalue weighted by Gasteiger charge is 2.17. The van der Waals surface area contributed by atoms with Crippen LogP contribution in [0.2, 0.25) is 5.02 Å². The largest absolute Gasteiger partial charge is 0.506 e. The molecule has 0 radical (unpaired) electrons. The Bertz CT molecular complexity index is 993. The number of hydrogen-bond donors (Lipinski definition) is 3. The Labute approximate surface area is 152 Å². The van der Waals surface area contributed by atoms with Gasteiger partial charge in [0.1, 0.15) is 10.6 Å². The third-order valence-corrected chi connectivity index (χ3v) is 4.87. The number of nitrogens with one attached hydrogen (secondary N) is 1. The summed E-state index contributed by atoms with van der Waals surface area (Å²) in [4.78, 5) is 15.7. The number of pyridine rings is 1. The summed E-state index contributed by atoms with van der Waals surface area (Å²) in [5.41, 5.74) is -0.0107. The number of methoxy groups -OCH3 is 2. The number of fused-ring (bicyclic) bond motifs is 1. The highest BCUT2D eigenvalue weighted by Crippen LogP contribution is 2.43. The zero-order valence-electron chi connectivity index (χ0n) is 13.3. The Morgan fingerprint density at radius 1 is 1.04 bits per heavy atom. The zero-order chi connectivity index (χ0) is 18.1. The first-order valence-corrected chi connectivity index (χ1v) is 8.31. The van der Waals surface area contributed by atoms with E-state index in [0.29, 0.717) is 20.8 Å². The first-order chi connectivity index (χ1) is 11.9. The van der Waals surface area contributed by atoms with Crippen LogP contribution in [0, 0.1) is 0 Å². The molecule has 0 aliphatic rings. The molecule has 0 spiro atoms. The minimum absolute atomic E-state index is 0.115. The quantitative estimate of drug-likeness (QED) is 0.639. The van der Waals surface area contributed by atoms with Gasteiger partial charge in [-0.2, -0.15) is 0 Å². The van der Waals surface area contributed by atoms with Gasteiger partial charge in [0.25, 0.3) is 5.56 Å². The fourth-order valence-corrected chi connectivity index (χ4v) is 3.47. The van der Waals surface area contributed by atoms with E-state index in [4.69, 9.17) is 21.1 Å². The Hall–Kier alpha value is -2.51. The Kier molecular flexibility index (Phi) is 4.69. The maximum Gasteiger partial charge on any atom is 0.266 e. The number of H-pyrrole nitrogens is 1.